The summed E-state index contributed by atoms with van der Waals surface area (Å²) in [6, 6.07) is 0. The largest absolute Gasteiger partial charge is 0.457 e. The van der Waals surface area contributed by atoms with Crippen molar-refractivity contribution in [1.82, 2.24) is 9.97 Å². The van der Waals surface area contributed by atoms with E-state index in [-0.39, 0.29) is 5.97 Å². The van der Waals surface area contributed by atoms with Crippen LogP contribution in [0.4, 0.5) is 5.82 Å². The van der Waals surface area contributed by atoms with Crippen LogP contribution in [0.15, 0.2) is 11.9 Å². The van der Waals surface area contributed by atoms with Crippen LogP contribution < -0.4 is 5.32 Å². The molecule has 0 saturated carbocycles. The van der Waals surface area contributed by atoms with E-state index >= 15 is 0 Å². The van der Waals surface area contributed by atoms with Crippen molar-refractivity contribution in [2.75, 3.05) is 11.9 Å². The number of aromatic nitrogens is 2. The fourth-order valence-corrected chi connectivity index (χ4v) is 1.90. The molecule has 1 aliphatic heterocycles. The highest BCUT2D eigenvalue weighted by Gasteiger charge is 2.22. The molecule has 5 nitrogen and oxygen atoms in total. The molecule has 0 aromatic carbocycles. The lowest BCUT2D eigenvalue weighted by molar-refractivity contribution is -0.149. The second-order valence-corrected chi connectivity index (χ2v) is 5.63. The van der Waals surface area contributed by atoms with Crippen LogP contribution in [0.2, 0.25) is 5.15 Å². The van der Waals surface area contributed by atoms with Gasteiger partial charge in [0.05, 0.1) is 5.56 Å². The van der Waals surface area contributed by atoms with Crippen molar-refractivity contribution in [3.63, 3.8) is 0 Å². The molecule has 2 rings (SSSR count). The highest BCUT2D eigenvalue weighted by atomic mass is 35.5. The standard InChI is InChI=1S/C13H16ClN3O2/c1-13(2,3)19-12(18)8-4-5-15-11-9(6-8)10(14)16-7-17-11/h6-7H,4-5H2,1-3H3,(H,15,16,17). The van der Waals surface area contributed by atoms with Gasteiger partial charge in [0.2, 0.25) is 0 Å². The van der Waals surface area contributed by atoms with Gasteiger partial charge >= 0.3 is 5.97 Å². The number of halogens is 1. The Morgan fingerprint density at radius 1 is 1.42 bits per heavy atom. The van der Waals surface area contributed by atoms with E-state index in [2.05, 4.69) is 15.3 Å². The van der Waals surface area contributed by atoms with Crippen molar-refractivity contribution < 1.29 is 9.53 Å². The molecule has 0 bridgehead atoms. The van der Waals surface area contributed by atoms with Crippen LogP contribution in [-0.4, -0.2) is 28.1 Å². The maximum absolute atomic E-state index is 12.1. The van der Waals surface area contributed by atoms with Gasteiger partial charge in [0, 0.05) is 12.1 Å². The third-order valence-corrected chi connectivity index (χ3v) is 2.80. The number of nitrogens with one attached hydrogen (secondary N) is 1. The van der Waals surface area contributed by atoms with Crippen molar-refractivity contribution in [2.45, 2.75) is 32.8 Å². The molecule has 6 heteroatoms. The van der Waals surface area contributed by atoms with Gasteiger partial charge < -0.3 is 10.1 Å². The van der Waals surface area contributed by atoms with Crippen molar-refractivity contribution in [2.24, 2.45) is 0 Å². The number of nitrogens with zero attached hydrogens (tertiary/aromatic N) is 2. The first-order valence-corrected chi connectivity index (χ1v) is 6.43. The summed E-state index contributed by atoms with van der Waals surface area (Å²) in [6.45, 7) is 6.12. The predicted octanol–water partition coefficient (Wildman–Crippen LogP) is 2.67. The van der Waals surface area contributed by atoms with Gasteiger partial charge in [-0.15, -0.1) is 0 Å². The number of hydrogen-bond donors (Lipinski definition) is 1. The van der Waals surface area contributed by atoms with E-state index in [1.165, 1.54) is 6.33 Å². The van der Waals surface area contributed by atoms with Crippen molar-refractivity contribution >= 4 is 29.5 Å². The van der Waals surface area contributed by atoms with Gasteiger partial charge in [-0.05, 0) is 33.3 Å². The van der Waals surface area contributed by atoms with Crippen LogP contribution in [0.25, 0.3) is 6.08 Å². The Kier molecular flexibility index (Phi) is 3.75. The summed E-state index contributed by atoms with van der Waals surface area (Å²) < 4.78 is 5.37. The molecule has 0 amide bonds. The van der Waals surface area contributed by atoms with E-state index in [1.54, 1.807) is 6.08 Å². The van der Waals surface area contributed by atoms with Crippen molar-refractivity contribution in [3.05, 3.63) is 22.6 Å². The van der Waals surface area contributed by atoms with Gasteiger partial charge in [0.1, 0.15) is 22.9 Å². The van der Waals surface area contributed by atoms with E-state index in [9.17, 15) is 4.79 Å². The Bertz CT molecular complexity index is 535. The first-order chi connectivity index (χ1) is 8.87. The molecular weight excluding hydrogens is 266 g/mol. The Morgan fingerprint density at radius 3 is 2.84 bits per heavy atom. The van der Waals surface area contributed by atoms with Crippen LogP contribution in [0.1, 0.15) is 32.8 Å². The summed E-state index contributed by atoms with van der Waals surface area (Å²) in [7, 11) is 0. The summed E-state index contributed by atoms with van der Waals surface area (Å²) in [5.74, 6) is 0.306. The summed E-state index contributed by atoms with van der Waals surface area (Å²) in [5, 5.41) is 3.44. The summed E-state index contributed by atoms with van der Waals surface area (Å²) in [6.07, 6.45) is 3.65. The fourth-order valence-electron chi connectivity index (χ4n) is 1.71. The molecule has 0 unspecified atom stereocenters. The monoisotopic (exact) mass is 281 g/mol. The van der Waals surface area contributed by atoms with Gasteiger partial charge in [-0.2, -0.15) is 0 Å². The van der Waals surface area contributed by atoms with Gasteiger partial charge in [-0.1, -0.05) is 11.6 Å². The highest BCUT2D eigenvalue weighted by Crippen LogP contribution is 2.27. The molecule has 19 heavy (non-hydrogen) atoms. The Hall–Kier alpha value is -1.62. The minimum absolute atomic E-state index is 0.320. The summed E-state index contributed by atoms with van der Waals surface area (Å²) in [5.41, 5.74) is 0.678. The summed E-state index contributed by atoms with van der Waals surface area (Å²) in [4.78, 5) is 20.1. The van der Waals surface area contributed by atoms with Crippen molar-refractivity contribution in [3.8, 4) is 0 Å². The number of ether oxygens (including phenoxy) is 1. The van der Waals surface area contributed by atoms with Gasteiger partial charge in [-0.25, -0.2) is 14.8 Å². The Labute approximate surface area is 117 Å². The molecule has 0 radical (unpaired) electrons. The smallest absolute Gasteiger partial charge is 0.334 e. The fraction of sp³-hybridized carbons (Fsp3) is 0.462. The number of anilines is 1. The van der Waals surface area contributed by atoms with Crippen LogP contribution in [0, 0.1) is 0 Å². The second-order valence-electron chi connectivity index (χ2n) is 5.28. The zero-order valence-corrected chi connectivity index (χ0v) is 11.9. The maximum Gasteiger partial charge on any atom is 0.334 e. The van der Waals surface area contributed by atoms with Gasteiger partial charge in [0.25, 0.3) is 0 Å². The number of carbonyl (C=O) groups excluding carboxylic acids is 1. The van der Waals surface area contributed by atoms with E-state index < -0.39 is 5.60 Å². The molecule has 0 saturated heterocycles. The highest BCUT2D eigenvalue weighted by molar-refractivity contribution is 6.31. The van der Waals surface area contributed by atoms with E-state index in [4.69, 9.17) is 16.3 Å². The Morgan fingerprint density at radius 2 is 2.16 bits per heavy atom. The number of rotatable bonds is 1. The minimum atomic E-state index is -0.516. The molecule has 0 spiro atoms. The third-order valence-electron chi connectivity index (χ3n) is 2.50. The SMILES string of the molecule is CC(C)(C)OC(=O)C1=Cc2c(Cl)ncnc2NCC1. The van der Waals surface area contributed by atoms with Crippen LogP contribution in [0.3, 0.4) is 0 Å². The molecular formula is C13H16ClN3O2. The first-order valence-electron chi connectivity index (χ1n) is 6.05. The molecule has 1 aliphatic rings. The number of carbonyl (C=O) groups is 1. The topological polar surface area (TPSA) is 64.1 Å². The molecule has 0 aliphatic carbocycles. The molecule has 1 N–H and O–H groups in total. The maximum atomic E-state index is 12.1. The summed E-state index contributed by atoms with van der Waals surface area (Å²) >= 11 is 6.03. The Balaban J connectivity index is 2.32. The molecule has 1 aromatic heterocycles. The second kappa shape index (κ2) is 5.17. The van der Waals surface area contributed by atoms with Crippen LogP contribution in [0.5, 0.6) is 0 Å². The quantitative estimate of drug-likeness (QED) is 0.633. The molecule has 1 aromatic rings. The molecule has 102 valence electrons. The van der Waals surface area contributed by atoms with E-state index in [1.807, 2.05) is 20.8 Å². The number of hydrogen-bond acceptors (Lipinski definition) is 5. The average molecular weight is 282 g/mol. The molecule has 2 heterocycles. The zero-order chi connectivity index (χ0) is 14.0. The lowest BCUT2D eigenvalue weighted by Gasteiger charge is -2.20. The normalized spacial score (nSPS) is 14.8. The van der Waals surface area contributed by atoms with Crippen LogP contribution >= 0.6 is 11.6 Å². The third kappa shape index (κ3) is 3.44. The minimum Gasteiger partial charge on any atom is -0.457 e. The zero-order valence-electron chi connectivity index (χ0n) is 11.2. The number of esters is 1. The average Bonchev–Trinajstić information content (AvgIpc) is 2.50. The molecule has 0 atom stereocenters. The molecule has 0 fully saturated rings. The van der Waals surface area contributed by atoms with E-state index in [0.717, 1.165) is 0 Å². The van der Waals surface area contributed by atoms with Crippen LogP contribution in [-0.2, 0) is 9.53 Å². The van der Waals surface area contributed by atoms with E-state index in [0.29, 0.717) is 35.1 Å². The number of fused-ring (bicyclic) bond motifs is 1. The van der Waals surface area contributed by atoms with Gasteiger partial charge in [-0.3, -0.25) is 0 Å². The predicted molar refractivity (Wildman–Crippen MR) is 74.0 cm³/mol. The lowest BCUT2D eigenvalue weighted by Crippen LogP contribution is -2.25. The van der Waals surface area contributed by atoms with Crippen molar-refractivity contribution in [1.29, 1.82) is 0 Å². The lowest BCUT2D eigenvalue weighted by atomic mass is 10.1. The first kappa shape index (κ1) is 13.8. The van der Waals surface area contributed by atoms with Gasteiger partial charge in [0.15, 0.2) is 0 Å².